The second kappa shape index (κ2) is 18.2. The maximum Gasteiger partial charge on any atom is 0.0624 e. The van der Waals surface area contributed by atoms with Crippen molar-refractivity contribution in [2.45, 2.75) is 79.1 Å². The molecule has 4 nitrogen and oxygen atoms in total. The van der Waals surface area contributed by atoms with Crippen molar-refractivity contribution in [1.82, 2.24) is 19.9 Å². The Balaban J connectivity index is 0.000000247. The van der Waals surface area contributed by atoms with Gasteiger partial charge in [0.05, 0.1) is 10.7 Å². The van der Waals surface area contributed by atoms with E-state index in [4.69, 9.17) is 11.6 Å². The summed E-state index contributed by atoms with van der Waals surface area (Å²) >= 11 is 5.86. The quantitative estimate of drug-likeness (QED) is 0.270. The summed E-state index contributed by atoms with van der Waals surface area (Å²) in [5.41, 5.74) is 4.80. The first-order chi connectivity index (χ1) is 17.6. The summed E-state index contributed by atoms with van der Waals surface area (Å²) < 4.78 is 0. The zero-order valence-corrected chi connectivity index (χ0v) is 24.4. The zero-order valence-electron chi connectivity index (χ0n) is 23.6. The molecule has 0 aliphatic carbocycles. The number of pyridine rings is 4. The highest BCUT2D eigenvalue weighted by molar-refractivity contribution is 6.31. The number of halogens is 1. The van der Waals surface area contributed by atoms with Gasteiger partial charge in [-0.05, 0) is 77.3 Å². The van der Waals surface area contributed by atoms with E-state index < -0.39 is 0 Å². The van der Waals surface area contributed by atoms with Crippen molar-refractivity contribution in [3.63, 3.8) is 0 Å². The van der Waals surface area contributed by atoms with Crippen LogP contribution < -0.4 is 0 Å². The lowest BCUT2D eigenvalue weighted by Gasteiger charge is -2.04. The van der Waals surface area contributed by atoms with Gasteiger partial charge in [0.25, 0.3) is 0 Å². The molecular weight excluding hydrogens is 476 g/mol. The molecule has 4 aromatic rings. The summed E-state index contributed by atoms with van der Waals surface area (Å²) in [5.74, 6) is 2.17. The highest BCUT2D eigenvalue weighted by atomic mass is 35.5. The van der Waals surface area contributed by atoms with Gasteiger partial charge in [-0.3, -0.25) is 19.9 Å². The number of nitrogens with zero attached hydrogens (tertiary/aromatic N) is 4. The topological polar surface area (TPSA) is 51.6 Å². The minimum atomic E-state index is 0.411. The predicted molar refractivity (Wildman–Crippen MR) is 158 cm³/mol. The first-order valence-electron chi connectivity index (χ1n) is 12.9. The monoisotopic (exact) mass is 518 g/mol. The average Bonchev–Trinajstić information content (AvgIpc) is 2.91. The van der Waals surface area contributed by atoms with Crippen molar-refractivity contribution in [3.8, 4) is 0 Å². The largest absolute Gasteiger partial charge is 0.265 e. The van der Waals surface area contributed by atoms with E-state index in [-0.39, 0.29) is 0 Å². The molecule has 4 rings (SSSR count). The summed E-state index contributed by atoms with van der Waals surface area (Å²) in [6, 6.07) is 17.9. The first kappa shape index (κ1) is 31.9. The van der Waals surface area contributed by atoms with E-state index in [0.29, 0.717) is 23.7 Å². The molecule has 198 valence electrons. The van der Waals surface area contributed by atoms with Gasteiger partial charge in [-0.25, -0.2) is 0 Å². The van der Waals surface area contributed by atoms with E-state index in [1.54, 1.807) is 12.4 Å². The number of rotatable bonds is 4. The SMILES string of the molecule is CC(C)c1ccccn1.CC(C)c1cccnc1.CC(C)c1ccncc1.CC(C)c1ncccc1Cl. The molecule has 0 saturated carbocycles. The van der Waals surface area contributed by atoms with Crippen LogP contribution in [-0.2, 0) is 0 Å². The Morgan fingerprint density at radius 3 is 1.49 bits per heavy atom. The molecule has 5 heteroatoms. The number of hydrogen-bond donors (Lipinski definition) is 0. The molecule has 0 atom stereocenters. The molecule has 0 bridgehead atoms. The first-order valence-corrected chi connectivity index (χ1v) is 13.3. The van der Waals surface area contributed by atoms with Crippen LogP contribution in [-0.4, -0.2) is 19.9 Å². The van der Waals surface area contributed by atoms with E-state index in [1.807, 2.05) is 73.3 Å². The molecule has 0 saturated heterocycles. The predicted octanol–water partition coefficient (Wildman–Crippen LogP) is 9.47. The van der Waals surface area contributed by atoms with Gasteiger partial charge < -0.3 is 0 Å². The molecule has 0 unspecified atom stereocenters. The van der Waals surface area contributed by atoms with Gasteiger partial charge >= 0.3 is 0 Å². The minimum Gasteiger partial charge on any atom is -0.265 e. The zero-order chi connectivity index (χ0) is 27.6. The second-order valence-corrected chi connectivity index (χ2v) is 10.2. The molecule has 0 N–H and O–H groups in total. The van der Waals surface area contributed by atoms with Crippen LogP contribution in [0.15, 0.2) is 91.8 Å². The minimum absolute atomic E-state index is 0.411. The van der Waals surface area contributed by atoms with E-state index in [9.17, 15) is 0 Å². The summed E-state index contributed by atoms with van der Waals surface area (Å²) in [5, 5.41) is 0.762. The van der Waals surface area contributed by atoms with Crippen LogP contribution in [0, 0.1) is 0 Å². The molecule has 0 aromatic carbocycles. The van der Waals surface area contributed by atoms with Crippen molar-refractivity contribution in [1.29, 1.82) is 0 Å². The molecular formula is C32H43ClN4. The van der Waals surface area contributed by atoms with Crippen LogP contribution >= 0.6 is 11.6 Å². The molecule has 0 aliphatic rings. The third kappa shape index (κ3) is 13.7. The Kier molecular flexibility index (Phi) is 15.7. The molecule has 0 spiro atoms. The number of aromatic nitrogens is 4. The van der Waals surface area contributed by atoms with Crippen molar-refractivity contribution in [3.05, 3.63) is 119 Å². The van der Waals surface area contributed by atoms with Crippen LogP contribution in [0.2, 0.25) is 5.02 Å². The molecule has 0 aliphatic heterocycles. The van der Waals surface area contributed by atoms with Gasteiger partial charge in [-0.15, -0.1) is 0 Å². The van der Waals surface area contributed by atoms with E-state index in [2.05, 4.69) is 81.4 Å². The summed E-state index contributed by atoms with van der Waals surface area (Å²) in [4.78, 5) is 16.3. The molecule has 37 heavy (non-hydrogen) atoms. The Labute approximate surface area is 229 Å². The lowest BCUT2D eigenvalue weighted by atomic mass is 10.1. The fraction of sp³-hybridized carbons (Fsp3) is 0.375. The summed E-state index contributed by atoms with van der Waals surface area (Å²) in [7, 11) is 0. The third-order valence-electron chi connectivity index (χ3n) is 5.34. The standard InChI is InChI=1S/C8H10ClN.3C8H11N/c1-6(2)8-7(9)4-3-5-10-8;1-7(2)8-3-5-9-6-4-8;1-7(2)8-4-3-5-9-6-8;1-7(2)8-5-3-4-6-9-8/h3-6H,1-2H3;3*3-7H,1-2H3. The molecule has 0 fully saturated rings. The molecule has 0 radical (unpaired) electrons. The fourth-order valence-corrected chi connectivity index (χ4v) is 3.35. The molecule has 4 aromatic heterocycles. The Hall–Kier alpha value is -3.11. The Bertz CT molecular complexity index is 980. The van der Waals surface area contributed by atoms with Gasteiger partial charge in [-0.2, -0.15) is 0 Å². The van der Waals surface area contributed by atoms with Gasteiger partial charge in [0.1, 0.15) is 0 Å². The maximum atomic E-state index is 5.86. The van der Waals surface area contributed by atoms with Crippen molar-refractivity contribution >= 4 is 11.6 Å². The van der Waals surface area contributed by atoms with Crippen LogP contribution in [0.3, 0.4) is 0 Å². The van der Waals surface area contributed by atoms with Crippen LogP contribution in [0.5, 0.6) is 0 Å². The molecule has 0 amide bonds. The Morgan fingerprint density at radius 2 is 1.14 bits per heavy atom. The van der Waals surface area contributed by atoms with E-state index in [1.165, 1.54) is 11.1 Å². The normalized spacial score (nSPS) is 10.2. The summed E-state index contributed by atoms with van der Waals surface area (Å²) in [6.07, 6.45) is 11.0. The van der Waals surface area contributed by atoms with Crippen LogP contribution in [0.1, 0.15) is 102 Å². The molecule has 4 heterocycles. The van der Waals surface area contributed by atoms with Crippen molar-refractivity contribution < 1.29 is 0 Å². The fourth-order valence-electron chi connectivity index (χ4n) is 3.01. The lowest BCUT2D eigenvalue weighted by molar-refractivity contribution is 0.823. The smallest absolute Gasteiger partial charge is 0.0624 e. The van der Waals surface area contributed by atoms with Crippen molar-refractivity contribution in [2.75, 3.05) is 0 Å². The van der Waals surface area contributed by atoms with Crippen molar-refractivity contribution in [2.24, 2.45) is 0 Å². The maximum absolute atomic E-state index is 5.86. The highest BCUT2D eigenvalue weighted by Gasteiger charge is 2.03. The number of hydrogen-bond acceptors (Lipinski definition) is 4. The van der Waals surface area contributed by atoms with Gasteiger partial charge in [-0.1, -0.05) is 79.1 Å². The summed E-state index contributed by atoms with van der Waals surface area (Å²) in [6.45, 7) is 17.1. The second-order valence-electron chi connectivity index (χ2n) is 9.81. The van der Waals surface area contributed by atoms with E-state index >= 15 is 0 Å². The van der Waals surface area contributed by atoms with E-state index in [0.717, 1.165) is 16.4 Å². The lowest BCUT2D eigenvalue weighted by Crippen LogP contribution is -1.91. The van der Waals surface area contributed by atoms with Gasteiger partial charge in [0.2, 0.25) is 0 Å². The third-order valence-corrected chi connectivity index (χ3v) is 5.66. The van der Waals surface area contributed by atoms with Crippen LogP contribution in [0.4, 0.5) is 0 Å². The van der Waals surface area contributed by atoms with Gasteiger partial charge in [0.15, 0.2) is 0 Å². The van der Waals surface area contributed by atoms with Crippen LogP contribution in [0.25, 0.3) is 0 Å². The highest BCUT2D eigenvalue weighted by Crippen LogP contribution is 2.20. The van der Waals surface area contributed by atoms with Gasteiger partial charge in [0, 0.05) is 42.9 Å². The average molecular weight is 519 g/mol. The Morgan fingerprint density at radius 1 is 0.514 bits per heavy atom.